The van der Waals surface area contributed by atoms with E-state index in [0.717, 1.165) is 22.6 Å². The van der Waals surface area contributed by atoms with Gasteiger partial charge in [-0.05, 0) is 19.2 Å². The maximum atomic E-state index is 6.09. The molecule has 0 N–H and O–H groups in total. The zero-order valence-electron chi connectivity index (χ0n) is 10.0. The Hall–Kier alpha value is -2.00. The van der Waals surface area contributed by atoms with Crippen LogP contribution in [0, 0.1) is 0 Å². The minimum atomic E-state index is -0.0603. The molecule has 0 fully saturated rings. The van der Waals surface area contributed by atoms with Gasteiger partial charge in [0.25, 0.3) is 0 Å². The van der Waals surface area contributed by atoms with Gasteiger partial charge in [0.2, 0.25) is 0 Å². The molecule has 18 heavy (non-hydrogen) atoms. The molecule has 90 valence electrons. The number of ether oxygens (including phenoxy) is 2. The molecule has 2 aromatic carbocycles. The monoisotopic (exact) mass is 239 g/mol. The zero-order valence-corrected chi connectivity index (χ0v) is 10.0. The third kappa shape index (κ3) is 1.22. The van der Waals surface area contributed by atoms with Crippen LogP contribution < -0.4 is 9.47 Å². The number of rotatable bonds is 0. The largest absolute Gasteiger partial charge is 0.470 e. The maximum Gasteiger partial charge on any atom is 0.185 e. The summed E-state index contributed by atoms with van der Waals surface area (Å²) in [6.07, 6.45) is -0.121. The fourth-order valence-electron chi connectivity index (χ4n) is 2.68. The highest BCUT2D eigenvalue weighted by Crippen LogP contribution is 2.48. The van der Waals surface area contributed by atoms with Gasteiger partial charge in [-0.1, -0.05) is 36.4 Å². The molecule has 2 atom stereocenters. The van der Waals surface area contributed by atoms with Crippen LogP contribution in [-0.4, -0.2) is 11.9 Å². The first kappa shape index (κ1) is 9.97. The summed E-state index contributed by atoms with van der Waals surface area (Å²) >= 11 is 0. The van der Waals surface area contributed by atoms with Crippen LogP contribution in [0.5, 0.6) is 11.5 Å². The van der Waals surface area contributed by atoms with E-state index in [2.05, 4.69) is 17.0 Å². The Kier molecular flexibility index (Phi) is 1.94. The molecule has 2 heterocycles. The number of benzene rings is 2. The second-order valence-electron chi connectivity index (χ2n) is 4.68. The molecule has 2 aliphatic rings. The third-order valence-corrected chi connectivity index (χ3v) is 3.59. The van der Waals surface area contributed by atoms with Gasteiger partial charge < -0.3 is 9.47 Å². The smallest absolute Gasteiger partial charge is 0.185 e. The Morgan fingerprint density at radius 3 is 1.72 bits per heavy atom. The van der Waals surface area contributed by atoms with Crippen molar-refractivity contribution in [1.29, 1.82) is 0 Å². The van der Waals surface area contributed by atoms with Crippen molar-refractivity contribution >= 4 is 0 Å². The van der Waals surface area contributed by atoms with Gasteiger partial charge in [0, 0.05) is 11.1 Å². The van der Waals surface area contributed by atoms with Crippen LogP contribution in [0.1, 0.15) is 23.6 Å². The van der Waals surface area contributed by atoms with Crippen molar-refractivity contribution in [2.75, 3.05) is 7.05 Å². The number of para-hydroxylation sites is 2. The Labute approximate surface area is 106 Å². The third-order valence-electron chi connectivity index (χ3n) is 3.59. The topological polar surface area (TPSA) is 21.7 Å². The van der Waals surface area contributed by atoms with Crippen LogP contribution in [0.25, 0.3) is 0 Å². The van der Waals surface area contributed by atoms with E-state index in [9.17, 15) is 0 Å². The van der Waals surface area contributed by atoms with Crippen LogP contribution in [0.2, 0.25) is 0 Å². The van der Waals surface area contributed by atoms with E-state index in [1.807, 2.05) is 43.4 Å². The lowest BCUT2D eigenvalue weighted by Crippen LogP contribution is -2.42. The molecule has 0 aliphatic carbocycles. The van der Waals surface area contributed by atoms with Crippen LogP contribution in [0.4, 0.5) is 0 Å². The highest BCUT2D eigenvalue weighted by atomic mass is 16.6. The molecule has 2 aliphatic heterocycles. The van der Waals surface area contributed by atoms with Crippen LogP contribution in [0.3, 0.4) is 0 Å². The molecule has 2 bridgehead atoms. The normalized spacial score (nSPS) is 24.5. The summed E-state index contributed by atoms with van der Waals surface area (Å²) in [7, 11) is 2.03. The van der Waals surface area contributed by atoms with Crippen LogP contribution >= 0.6 is 0 Å². The Bertz CT molecular complexity index is 557. The summed E-state index contributed by atoms with van der Waals surface area (Å²) in [6, 6.07) is 16.1. The lowest BCUT2D eigenvalue weighted by Gasteiger charge is -2.44. The molecule has 3 heteroatoms. The van der Waals surface area contributed by atoms with Gasteiger partial charge in [0.15, 0.2) is 12.5 Å². The molecular formula is C15H13NO2. The van der Waals surface area contributed by atoms with E-state index in [4.69, 9.17) is 9.47 Å². The molecule has 0 saturated heterocycles. The van der Waals surface area contributed by atoms with Gasteiger partial charge >= 0.3 is 0 Å². The van der Waals surface area contributed by atoms with E-state index < -0.39 is 0 Å². The molecule has 0 unspecified atom stereocenters. The molecular weight excluding hydrogens is 226 g/mol. The van der Waals surface area contributed by atoms with E-state index >= 15 is 0 Å². The number of hydrogen-bond donors (Lipinski definition) is 0. The van der Waals surface area contributed by atoms with E-state index in [1.165, 1.54) is 0 Å². The average Bonchev–Trinajstić information content (AvgIpc) is 2.40. The standard InChI is InChI=1S/C15H13NO2/c1-16-14-10-6-2-4-8-12(10)17-15(16)11-7-3-5-9-13(11)18-14/h2-9,14-15H,1H3/t14-,15+. The van der Waals surface area contributed by atoms with Crippen molar-refractivity contribution in [2.24, 2.45) is 0 Å². The molecule has 3 nitrogen and oxygen atoms in total. The van der Waals surface area contributed by atoms with Crippen LogP contribution in [-0.2, 0) is 0 Å². The fraction of sp³-hybridized carbons (Fsp3) is 0.200. The number of fused-ring (bicyclic) bond motifs is 6. The Balaban J connectivity index is 1.90. The summed E-state index contributed by atoms with van der Waals surface area (Å²) in [5.74, 6) is 1.83. The van der Waals surface area contributed by atoms with Crippen molar-refractivity contribution in [1.82, 2.24) is 4.90 Å². The minimum Gasteiger partial charge on any atom is -0.470 e. The van der Waals surface area contributed by atoms with Gasteiger partial charge in [-0.2, -0.15) is 0 Å². The van der Waals surface area contributed by atoms with Gasteiger partial charge in [-0.15, -0.1) is 0 Å². The lowest BCUT2D eigenvalue weighted by atomic mass is 10.0. The van der Waals surface area contributed by atoms with Crippen molar-refractivity contribution in [3.8, 4) is 11.5 Å². The van der Waals surface area contributed by atoms with Gasteiger partial charge in [-0.3, -0.25) is 0 Å². The van der Waals surface area contributed by atoms with Crippen molar-refractivity contribution < 1.29 is 9.47 Å². The van der Waals surface area contributed by atoms with Crippen molar-refractivity contribution in [3.05, 3.63) is 59.7 Å². The molecule has 0 amide bonds. The quantitative estimate of drug-likeness (QED) is 0.705. The first-order valence-electron chi connectivity index (χ1n) is 6.08. The van der Waals surface area contributed by atoms with Crippen LogP contribution in [0.15, 0.2) is 48.5 Å². The van der Waals surface area contributed by atoms with Crippen molar-refractivity contribution in [3.63, 3.8) is 0 Å². The maximum absolute atomic E-state index is 6.09. The number of hydrogen-bond acceptors (Lipinski definition) is 3. The second-order valence-corrected chi connectivity index (χ2v) is 4.68. The average molecular weight is 239 g/mol. The zero-order chi connectivity index (χ0) is 12.1. The Morgan fingerprint density at radius 2 is 1.22 bits per heavy atom. The summed E-state index contributed by atoms with van der Waals surface area (Å²) in [5.41, 5.74) is 2.18. The molecule has 0 spiro atoms. The summed E-state index contributed by atoms with van der Waals surface area (Å²) < 4.78 is 12.2. The summed E-state index contributed by atoms with van der Waals surface area (Å²) in [6.45, 7) is 0. The van der Waals surface area contributed by atoms with Gasteiger partial charge in [0.05, 0.1) is 0 Å². The highest BCUT2D eigenvalue weighted by molar-refractivity contribution is 5.44. The van der Waals surface area contributed by atoms with E-state index in [1.54, 1.807) is 0 Å². The molecule has 0 radical (unpaired) electrons. The minimum absolute atomic E-state index is 0.0603. The number of nitrogens with zero attached hydrogens (tertiary/aromatic N) is 1. The first-order valence-corrected chi connectivity index (χ1v) is 6.08. The predicted octanol–water partition coefficient (Wildman–Crippen LogP) is 3.10. The second kappa shape index (κ2) is 3.50. The fourth-order valence-corrected chi connectivity index (χ4v) is 2.68. The molecule has 2 aromatic rings. The van der Waals surface area contributed by atoms with E-state index in [0.29, 0.717) is 0 Å². The SMILES string of the molecule is CN1[C@@H]2Oc3ccccc3[C@@H]1Oc1ccccc12. The van der Waals surface area contributed by atoms with Crippen molar-refractivity contribution in [2.45, 2.75) is 12.5 Å². The van der Waals surface area contributed by atoms with E-state index in [-0.39, 0.29) is 12.5 Å². The Morgan fingerprint density at radius 1 is 0.778 bits per heavy atom. The van der Waals surface area contributed by atoms with Gasteiger partial charge in [0.1, 0.15) is 11.5 Å². The molecule has 0 saturated carbocycles. The van der Waals surface area contributed by atoms with Gasteiger partial charge in [-0.25, -0.2) is 4.90 Å². The molecule has 0 aromatic heterocycles. The lowest BCUT2D eigenvalue weighted by molar-refractivity contribution is -0.107. The summed E-state index contributed by atoms with van der Waals surface area (Å²) in [5, 5.41) is 0. The first-order chi connectivity index (χ1) is 8.84. The summed E-state index contributed by atoms with van der Waals surface area (Å²) in [4.78, 5) is 2.12. The predicted molar refractivity (Wildman–Crippen MR) is 67.4 cm³/mol. The molecule has 4 rings (SSSR count). The highest BCUT2D eigenvalue weighted by Gasteiger charge is 2.40.